The second-order valence-electron chi connectivity index (χ2n) is 5.01. The van der Waals surface area contributed by atoms with Crippen LogP contribution in [0.25, 0.3) is 0 Å². The maximum atomic E-state index is 12.1. The van der Waals surface area contributed by atoms with E-state index in [1.54, 1.807) is 19.0 Å². The number of benzene rings is 1. The zero-order chi connectivity index (χ0) is 13.8. The summed E-state index contributed by atoms with van der Waals surface area (Å²) in [6.07, 6.45) is 1.80. The highest BCUT2D eigenvalue weighted by atomic mass is 32.2. The molecule has 0 spiro atoms. The predicted octanol–water partition coefficient (Wildman–Crippen LogP) is 1.71. The summed E-state index contributed by atoms with van der Waals surface area (Å²) in [6, 6.07) is 7.88. The van der Waals surface area contributed by atoms with Gasteiger partial charge in [-0.2, -0.15) is 0 Å². The minimum atomic E-state index is -0.656. The Morgan fingerprint density at radius 2 is 1.89 bits per heavy atom. The molecule has 0 saturated carbocycles. The number of carbonyl (C=O) groups excluding carboxylic acids is 1. The lowest BCUT2D eigenvalue weighted by Gasteiger charge is -2.25. The van der Waals surface area contributed by atoms with Gasteiger partial charge in [0, 0.05) is 48.1 Å². The average Bonchev–Trinajstić information content (AvgIpc) is 2.41. The largest absolute Gasteiger partial charge is 0.382 e. The molecule has 0 aliphatic carbocycles. The molecule has 0 unspecified atom stereocenters. The van der Waals surface area contributed by atoms with Gasteiger partial charge >= 0.3 is 0 Å². The van der Waals surface area contributed by atoms with Gasteiger partial charge in [-0.25, -0.2) is 0 Å². The summed E-state index contributed by atoms with van der Waals surface area (Å²) in [5.41, 5.74) is 1.57. The molecular weight excluding hydrogens is 260 g/mol. The Bertz CT molecular complexity index is 478. The van der Waals surface area contributed by atoms with Gasteiger partial charge in [-0.3, -0.25) is 9.00 Å². The van der Waals surface area contributed by atoms with E-state index in [1.165, 1.54) is 0 Å². The first-order valence-electron chi connectivity index (χ1n) is 6.50. The number of carbonyl (C=O) groups is 1. The maximum Gasteiger partial charge on any atom is 0.255 e. The number of hydrogen-bond donors (Lipinski definition) is 1. The summed E-state index contributed by atoms with van der Waals surface area (Å²) in [5, 5.41) is 3.42. The SMILES string of the molecule is CN(C)C(=O)c1ccccc1NC1CCS(=O)CC1. The second kappa shape index (κ2) is 6.19. The van der Waals surface area contributed by atoms with E-state index in [9.17, 15) is 9.00 Å². The molecule has 1 aromatic rings. The van der Waals surface area contributed by atoms with Gasteiger partial charge in [0.05, 0.1) is 5.56 Å². The fourth-order valence-electron chi connectivity index (χ4n) is 2.19. The molecule has 19 heavy (non-hydrogen) atoms. The fourth-order valence-corrected chi connectivity index (χ4v) is 3.49. The summed E-state index contributed by atoms with van der Waals surface area (Å²) in [6.45, 7) is 0. The van der Waals surface area contributed by atoms with Gasteiger partial charge in [0.1, 0.15) is 0 Å². The van der Waals surface area contributed by atoms with E-state index >= 15 is 0 Å². The van der Waals surface area contributed by atoms with Gasteiger partial charge < -0.3 is 10.2 Å². The fraction of sp³-hybridized carbons (Fsp3) is 0.500. The van der Waals surface area contributed by atoms with Gasteiger partial charge in [0.25, 0.3) is 5.91 Å². The Kier molecular flexibility index (Phi) is 4.58. The van der Waals surface area contributed by atoms with Crippen LogP contribution in [-0.2, 0) is 10.8 Å². The first kappa shape index (κ1) is 14.1. The molecule has 1 fully saturated rings. The van der Waals surface area contributed by atoms with Crippen molar-refractivity contribution in [2.75, 3.05) is 30.9 Å². The van der Waals surface area contributed by atoms with Gasteiger partial charge in [0.15, 0.2) is 0 Å². The van der Waals surface area contributed by atoms with E-state index in [2.05, 4.69) is 5.32 Å². The Labute approximate surface area is 116 Å². The first-order chi connectivity index (χ1) is 9.08. The van der Waals surface area contributed by atoms with Crippen LogP contribution in [0.15, 0.2) is 24.3 Å². The number of amides is 1. The standard InChI is InChI=1S/C14H20N2O2S/c1-16(2)14(17)12-5-3-4-6-13(12)15-11-7-9-19(18)10-8-11/h3-6,11,15H,7-10H2,1-2H3. The Hall–Kier alpha value is -1.36. The monoisotopic (exact) mass is 280 g/mol. The minimum absolute atomic E-state index is 0.00230. The summed E-state index contributed by atoms with van der Waals surface area (Å²) < 4.78 is 11.3. The highest BCUT2D eigenvalue weighted by Crippen LogP contribution is 2.21. The smallest absolute Gasteiger partial charge is 0.255 e. The van der Waals surface area contributed by atoms with Gasteiger partial charge in [-0.05, 0) is 25.0 Å². The van der Waals surface area contributed by atoms with Crippen molar-refractivity contribution in [2.24, 2.45) is 0 Å². The molecule has 4 nitrogen and oxygen atoms in total. The third-order valence-electron chi connectivity index (χ3n) is 3.31. The quantitative estimate of drug-likeness (QED) is 0.917. The highest BCUT2D eigenvalue weighted by Gasteiger charge is 2.20. The predicted molar refractivity (Wildman–Crippen MR) is 79.0 cm³/mol. The molecule has 0 aromatic heterocycles. The molecule has 2 rings (SSSR count). The number of para-hydroxylation sites is 1. The lowest BCUT2D eigenvalue weighted by atomic mass is 10.1. The van der Waals surface area contributed by atoms with Crippen LogP contribution < -0.4 is 5.32 Å². The number of nitrogens with one attached hydrogen (secondary N) is 1. The van der Waals surface area contributed by atoms with Crippen LogP contribution in [0.5, 0.6) is 0 Å². The summed E-state index contributed by atoms with van der Waals surface area (Å²) in [7, 11) is 2.85. The topological polar surface area (TPSA) is 49.4 Å². The van der Waals surface area contributed by atoms with Crippen LogP contribution in [0.1, 0.15) is 23.2 Å². The van der Waals surface area contributed by atoms with Crippen molar-refractivity contribution in [1.29, 1.82) is 0 Å². The molecule has 104 valence electrons. The van der Waals surface area contributed by atoms with E-state index in [0.717, 1.165) is 30.0 Å². The molecular formula is C14H20N2O2S. The van der Waals surface area contributed by atoms with Crippen molar-refractivity contribution >= 4 is 22.4 Å². The Morgan fingerprint density at radius 1 is 1.26 bits per heavy atom. The van der Waals surface area contributed by atoms with Crippen LogP contribution in [0.2, 0.25) is 0 Å². The van der Waals surface area contributed by atoms with Crippen LogP contribution in [0, 0.1) is 0 Å². The van der Waals surface area contributed by atoms with E-state index in [4.69, 9.17) is 0 Å². The molecule has 1 aliphatic rings. The first-order valence-corrected chi connectivity index (χ1v) is 7.99. The number of anilines is 1. The van der Waals surface area contributed by atoms with Gasteiger partial charge in [-0.15, -0.1) is 0 Å². The molecule has 0 bridgehead atoms. The van der Waals surface area contributed by atoms with Crippen molar-refractivity contribution in [2.45, 2.75) is 18.9 Å². The second-order valence-corrected chi connectivity index (χ2v) is 6.71. The van der Waals surface area contributed by atoms with Crippen molar-refractivity contribution < 1.29 is 9.00 Å². The highest BCUT2D eigenvalue weighted by molar-refractivity contribution is 7.85. The molecule has 1 saturated heterocycles. The van der Waals surface area contributed by atoms with Crippen LogP contribution in [0.3, 0.4) is 0 Å². The van der Waals surface area contributed by atoms with E-state index in [-0.39, 0.29) is 5.91 Å². The zero-order valence-electron chi connectivity index (χ0n) is 11.4. The van der Waals surface area contributed by atoms with E-state index in [1.807, 2.05) is 24.3 Å². The van der Waals surface area contributed by atoms with Crippen LogP contribution in [-0.4, -0.2) is 46.7 Å². The summed E-state index contributed by atoms with van der Waals surface area (Å²) in [4.78, 5) is 13.7. The number of hydrogen-bond acceptors (Lipinski definition) is 3. The minimum Gasteiger partial charge on any atom is -0.382 e. The van der Waals surface area contributed by atoms with Crippen molar-refractivity contribution in [1.82, 2.24) is 4.90 Å². The van der Waals surface area contributed by atoms with Crippen LogP contribution in [0.4, 0.5) is 5.69 Å². The van der Waals surface area contributed by atoms with Crippen molar-refractivity contribution in [3.8, 4) is 0 Å². The lowest BCUT2D eigenvalue weighted by Crippen LogP contribution is -2.31. The Balaban J connectivity index is 2.12. The van der Waals surface area contributed by atoms with Crippen molar-refractivity contribution in [3.05, 3.63) is 29.8 Å². The molecule has 1 N–H and O–H groups in total. The van der Waals surface area contributed by atoms with Crippen LogP contribution >= 0.6 is 0 Å². The molecule has 1 amide bonds. The maximum absolute atomic E-state index is 12.1. The van der Waals surface area contributed by atoms with Crippen molar-refractivity contribution in [3.63, 3.8) is 0 Å². The Morgan fingerprint density at radius 3 is 2.53 bits per heavy atom. The number of nitrogens with zero attached hydrogens (tertiary/aromatic N) is 1. The zero-order valence-corrected chi connectivity index (χ0v) is 12.2. The third kappa shape index (κ3) is 3.56. The van der Waals surface area contributed by atoms with E-state index in [0.29, 0.717) is 11.6 Å². The molecule has 0 radical (unpaired) electrons. The van der Waals surface area contributed by atoms with E-state index < -0.39 is 10.8 Å². The number of rotatable bonds is 3. The molecule has 1 aliphatic heterocycles. The molecule has 5 heteroatoms. The van der Waals surface area contributed by atoms with Gasteiger partial charge in [-0.1, -0.05) is 12.1 Å². The average molecular weight is 280 g/mol. The molecule has 1 aromatic carbocycles. The summed E-state index contributed by atoms with van der Waals surface area (Å²) >= 11 is 0. The lowest BCUT2D eigenvalue weighted by molar-refractivity contribution is 0.0828. The molecule has 0 atom stereocenters. The molecule has 1 heterocycles. The van der Waals surface area contributed by atoms with Gasteiger partial charge in [0.2, 0.25) is 0 Å². The normalized spacial score (nSPS) is 22.8. The third-order valence-corrected chi connectivity index (χ3v) is 4.69. The summed E-state index contributed by atoms with van der Waals surface area (Å²) in [5.74, 6) is 1.51.